The first-order chi connectivity index (χ1) is 13.8. The summed E-state index contributed by atoms with van der Waals surface area (Å²) in [6.07, 6.45) is 0.0515. The smallest absolute Gasteiger partial charge is 0.352 e. The molecular weight excluding hydrogens is 400 g/mol. The number of methoxy groups -OCH3 is 1. The van der Waals surface area contributed by atoms with Crippen molar-refractivity contribution in [3.8, 4) is 0 Å². The van der Waals surface area contributed by atoms with E-state index in [9.17, 15) is 24.3 Å². The Morgan fingerprint density at radius 3 is 2.59 bits per heavy atom. The van der Waals surface area contributed by atoms with E-state index in [1.807, 2.05) is 6.07 Å². The van der Waals surface area contributed by atoms with Gasteiger partial charge in [-0.05, 0) is 5.56 Å². The molecule has 2 aliphatic rings. The molecule has 9 nitrogen and oxygen atoms in total. The number of thioether (sulfide) groups is 1. The Labute approximate surface area is 171 Å². The lowest BCUT2D eigenvalue weighted by molar-refractivity contribution is -0.192. The summed E-state index contributed by atoms with van der Waals surface area (Å²) in [5.41, 5.74) is -0.817. The molecule has 0 spiro atoms. The van der Waals surface area contributed by atoms with Crippen molar-refractivity contribution in [3.05, 3.63) is 47.2 Å². The van der Waals surface area contributed by atoms with Crippen LogP contribution in [-0.2, 0) is 35.1 Å². The summed E-state index contributed by atoms with van der Waals surface area (Å²) in [5.74, 6) is -2.76. The summed E-state index contributed by atoms with van der Waals surface area (Å²) in [6, 6.07) is 9.01. The molecule has 3 rings (SSSR count). The molecule has 0 aliphatic carbocycles. The fourth-order valence-corrected chi connectivity index (χ4v) is 4.70. The minimum absolute atomic E-state index is 0.0515. The molecule has 154 valence electrons. The Morgan fingerprint density at radius 2 is 2.00 bits per heavy atom. The number of carbonyl (C=O) groups is 4. The van der Waals surface area contributed by atoms with Crippen LogP contribution in [0.1, 0.15) is 12.5 Å². The van der Waals surface area contributed by atoms with Crippen molar-refractivity contribution in [2.24, 2.45) is 0 Å². The third-order valence-corrected chi connectivity index (χ3v) is 5.99. The lowest BCUT2D eigenvalue weighted by atomic mass is 9.97. The van der Waals surface area contributed by atoms with Gasteiger partial charge >= 0.3 is 11.9 Å². The van der Waals surface area contributed by atoms with E-state index in [1.54, 1.807) is 24.3 Å². The number of benzene rings is 1. The number of hydrogen-bond acceptors (Lipinski definition) is 7. The highest BCUT2D eigenvalue weighted by molar-refractivity contribution is 8.00. The monoisotopic (exact) mass is 420 g/mol. The van der Waals surface area contributed by atoms with Crippen molar-refractivity contribution in [1.29, 1.82) is 0 Å². The number of rotatable bonds is 7. The van der Waals surface area contributed by atoms with Crippen molar-refractivity contribution in [1.82, 2.24) is 10.2 Å². The number of nitrogens with zero attached hydrogens (tertiary/aromatic N) is 1. The van der Waals surface area contributed by atoms with Gasteiger partial charge in [-0.1, -0.05) is 30.3 Å². The van der Waals surface area contributed by atoms with E-state index < -0.39 is 34.9 Å². The van der Waals surface area contributed by atoms with Gasteiger partial charge in [-0.15, -0.1) is 11.8 Å². The number of carboxylic acid groups (broad SMARTS) is 1. The first kappa shape index (κ1) is 20.9. The molecule has 0 radical (unpaired) electrons. The van der Waals surface area contributed by atoms with Gasteiger partial charge in [0.05, 0.1) is 6.42 Å². The van der Waals surface area contributed by atoms with Crippen molar-refractivity contribution >= 4 is 35.5 Å². The maximum Gasteiger partial charge on any atom is 0.352 e. The summed E-state index contributed by atoms with van der Waals surface area (Å²) < 4.78 is 10.3. The van der Waals surface area contributed by atoms with Crippen LogP contribution in [0.5, 0.6) is 0 Å². The van der Waals surface area contributed by atoms with Crippen LogP contribution >= 0.6 is 11.8 Å². The number of carboxylic acids is 1. The van der Waals surface area contributed by atoms with E-state index in [0.717, 1.165) is 10.5 Å². The number of hydrogen-bond donors (Lipinski definition) is 2. The second kappa shape index (κ2) is 8.26. The molecule has 2 aliphatic heterocycles. The average molecular weight is 420 g/mol. The standard InChI is InChI=1S/C19H20N2O7S/c1-11(22)28-9-13-10-29-18-19(27-2,17(26)21(18)15(13)16(24)25)20-14(23)8-12-6-4-3-5-7-12/h3-7,18H,8-10H2,1-2H3,(H,20,23)(H,24,25)/t18-,19-/m0/s1. The molecule has 0 unspecified atom stereocenters. The summed E-state index contributed by atoms with van der Waals surface area (Å²) >= 11 is 1.23. The predicted molar refractivity (Wildman–Crippen MR) is 102 cm³/mol. The van der Waals surface area contributed by atoms with Crippen LogP contribution in [0, 0.1) is 0 Å². The maximum atomic E-state index is 12.9. The van der Waals surface area contributed by atoms with Gasteiger partial charge in [0.1, 0.15) is 17.7 Å². The molecule has 1 aromatic carbocycles. The molecule has 2 atom stereocenters. The van der Waals surface area contributed by atoms with Crippen LogP contribution in [0.2, 0.25) is 0 Å². The number of esters is 1. The van der Waals surface area contributed by atoms with Gasteiger partial charge in [0.2, 0.25) is 5.91 Å². The lowest BCUT2D eigenvalue weighted by Gasteiger charge is -2.55. The Balaban J connectivity index is 1.80. The van der Waals surface area contributed by atoms with Crippen LogP contribution < -0.4 is 5.32 Å². The van der Waals surface area contributed by atoms with Crippen molar-refractivity contribution in [2.45, 2.75) is 24.4 Å². The van der Waals surface area contributed by atoms with Gasteiger partial charge in [-0.25, -0.2) is 4.79 Å². The highest BCUT2D eigenvalue weighted by Crippen LogP contribution is 2.46. The largest absolute Gasteiger partial charge is 0.477 e. The minimum Gasteiger partial charge on any atom is -0.477 e. The molecule has 2 amide bonds. The number of ether oxygens (including phenoxy) is 2. The topological polar surface area (TPSA) is 122 Å². The second-order valence-electron chi connectivity index (χ2n) is 6.53. The van der Waals surface area contributed by atoms with Gasteiger partial charge in [0, 0.05) is 25.4 Å². The average Bonchev–Trinajstić information content (AvgIpc) is 2.69. The van der Waals surface area contributed by atoms with E-state index in [4.69, 9.17) is 9.47 Å². The predicted octanol–water partition coefficient (Wildman–Crippen LogP) is 0.505. The van der Waals surface area contributed by atoms with E-state index in [0.29, 0.717) is 5.57 Å². The first-order valence-corrected chi connectivity index (χ1v) is 9.79. The molecule has 0 aromatic heterocycles. The summed E-state index contributed by atoms with van der Waals surface area (Å²) in [4.78, 5) is 49.3. The van der Waals surface area contributed by atoms with Gasteiger partial charge in [-0.3, -0.25) is 19.3 Å². The fraction of sp³-hybridized carbons (Fsp3) is 0.368. The third kappa shape index (κ3) is 3.85. The molecule has 0 saturated carbocycles. The van der Waals surface area contributed by atoms with Crippen molar-refractivity contribution in [2.75, 3.05) is 19.5 Å². The summed E-state index contributed by atoms with van der Waals surface area (Å²) in [7, 11) is 1.29. The number of carbonyl (C=O) groups excluding carboxylic acids is 3. The van der Waals surface area contributed by atoms with E-state index in [1.165, 1.54) is 25.8 Å². The van der Waals surface area contributed by atoms with E-state index in [2.05, 4.69) is 5.32 Å². The third-order valence-electron chi connectivity index (χ3n) is 4.62. The van der Waals surface area contributed by atoms with Crippen LogP contribution in [0.15, 0.2) is 41.6 Å². The molecule has 29 heavy (non-hydrogen) atoms. The molecular formula is C19H20N2O7S. The number of aliphatic carboxylic acids is 1. The molecule has 2 heterocycles. The SMILES string of the molecule is CO[C@@]1(NC(=O)Cc2ccccc2)C(=O)N2C(C(=O)O)=C(COC(C)=O)CS[C@H]21. The highest BCUT2D eigenvalue weighted by Gasteiger charge is 2.66. The maximum absolute atomic E-state index is 12.9. The lowest BCUT2D eigenvalue weighted by Crippen LogP contribution is -2.80. The molecule has 1 saturated heterocycles. The van der Waals surface area contributed by atoms with Gasteiger partial charge in [0.15, 0.2) is 0 Å². The molecule has 1 aromatic rings. The number of nitrogens with one attached hydrogen (secondary N) is 1. The molecule has 0 bridgehead atoms. The van der Waals surface area contributed by atoms with Gasteiger partial charge in [0.25, 0.3) is 11.6 Å². The van der Waals surface area contributed by atoms with E-state index in [-0.39, 0.29) is 24.5 Å². The number of β-lactam (4-membered cyclic amide) rings is 1. The van der Waals surface area contributed by atoms with Crippen LogP contribution in [0.4, 0.5) is 0 Å². The zero-order valence-corrected chi connectivity index (χ0v) is 16.7. The van der Waals surface area contributed by atoms with Gasteiger partial charge in [-0.2, -0.15) is 0 Å². The van der Waals surface area contributed by atoms with Gasteiger partial charge < -0.3 is 19.9 Å². The summed E-state index contributed by atoms with van der Waals surface area (Å²) in [5, 5.41) is 11.5. The van der Waals surface area contributed by atoms with Crippen molar-refractivity contribution in [3.63, 3.8) is 0 Å². The van der Waals surface area contributed by atoms with Crippen LogP contribution in [-0.4, -0.2) is 64.3 Å². The zero-order chi connectivity index (χ0) is 21.2. The fourth-order valence-electron chi connectivity index (χ4n) is 3.28. The van der Waals surface area contributed by atoms with Crippen molar-refractivity contribution < 1.29 is 33.8 Å². The molecule has 10 heteroatoms. The normalized spacial score (nSPS) is 23.2. The zero-order valence-electron chi connectivity index (χ0n) is 15.8. The molecule has 2 N–H and O–H groups in total. The quantitative estimate of drug-likeness (QED) is 0.372. The molecule has 1 fully saturated rings. The minimum atomic E-state index is -1.65. The number of amides is 2. The van der Waals surface area contributed by atoms with Crippen LogP contribution in [0.3, 0.4) is 0 Å². The Hall–Kier alpha value is -2.85. The number of fused-ring (bicyclic) bond motifs is 1. The Bertz CT molecular complexity index is 886. The van der Waals surface area contributed by atoms with Crippen LogP contribution in [0.25, 0.3) is 0 Å². The van der Waals surface area contributed by atoms with E-state index >= 15 is 0 Å². The second-order valence-corrected chi connectivity index (χ2v) is 7.59. The Morgan fingerprint density at radius 1 is 1.31 bits per heavy atom. The first-order valence-electron chi connectivity index (χ1n) is 8.74. The summed E-state index contributed by atoms with van der Waals surface area (Å²) in [6.45, 7) is 0.994. The Kier molecular flexibility index (Phi) is 5.94. The highest BCUT2D eigenvalue weighted by atomic mass is 32.2.